The molecular weight excluding hydrogens is 254 g/mol. The molecule has 0 bridgehead atoms. The molecule has 0 amide bonds. The van der Waals surface area contributed by atoms with Gasteiger partial charge >= 0.3 is 0 Å². The summed E-state index contributed by atoms with van der Waals surface area (Å²) in [5, 5.41) is 0.759. The molecule has 0 unspecified atom stereocenters. The van der Waals surface area contributed by atoms with Gasteiger partial charge in [-0.3, -0.25) is 4.98 Å². The minimum Gasteiger partial charge on any atom is -0.491 e. The second kappa shape index (κ2) is 4.97. The Labute approximate surface area is 99.2 Å². The number of ether oxygens (including phenoxy) is 1. The lowest BCUT2D eigenvalue weighted by Crippen LogP contribution is -2.19. The van der Waals surface area contributed by atoms with Crippen LogP contribution >= 0.6 is 15.9 Å². The van der Waals surface area contributed by atoms with Crippen molar-refractivity contribution in [2.24, 2.45) is 5.92 Å². The Bertz CT molecular complexity index is 336. The van der Waals surface area contributed by atoms with Crippen LogP contribution in [0.15, 0.2) is 12.1 Å². The lowest BCUT2D eigenvalue weighted by Gasteiger charge is -2.25. The van der Waals surface area contributed by atoms with E-state index in [2.05, 4.69) is 20.9 Å². The van der Waals surface area contributed by atoms with Gasteiger partial charge in [0.15, 0.2) is 0 Å². The van der Waals surface area contributed by atoms with E-state index in [9.17, 15) is 0 Å². The van der Waals surface area contributed by atoms with Crippen molar-refractivity contribution < 1.29 is 4.74 Å². The van der Waals surface area contributed by atoms with Gasteiger partial charge in [0, 0.05) is 11.0 Å². The first-order valence-corrected chi connectivity index (χ1v) is 6.57. The summed E-state index contributed by atoms with van der Waals surface area (Å²) < 4.78 is 5.79. The number of rotatable bonds is 4. The topological polar surface area (TPSA) is 22.1 Å². The van der Waals surface area contributed by atoms with E-state index in [1.807, 2.05) is 19.1 Å². The van der Waals surface area contributed by atoms with Gasteiger partial charge in [0.2, 0.25) is 0 Å². The van der Waals surface area contributed by atoms with E-state index in [0.29, 0.717) is 0 Å². The molecule has 82 valence electrons. The molecule has 1 aliphatic rings. The number of halogens is 1. The summed E-state index contributed by atoms with van der Waals surface area (Å²) in [6, 6.07) is 4.03. The largest absolute Gasteiger partial charge is 0.491 e. The molecule has 0 aliphatic heterocycles. The monoisotopic (exact) mass is 269 g/mol. The van der Waals surface area contributed by atoms with Gasteiger partial charge in [0.1, 0.15) is 5.75 Å². The van der Waals surface area contributed by atoms with Crippen molar-refractivity contribution in [3.8, 4) is 5.75 Å². The van der Waals surface area contributed by atoms with Gasteiger partial charge in [-0.15, -0.1) is 0 Å². The molecule has 15 heavy (non-hydrogen) atoms. The Morgan fingerprint density at radius 2 is 2.27 bits per heavy atom. The highest BCUT2D eigenvalue weighted by Gasteiger charge is 2.18. The molecule has 1 aromatic rings. The summed E-state index contributed by atoms with van der Waals surface area (Å²) >= 11 is 3.44. The zero-order valence-corrected chi connectivity index (χ0v) is 10.6. The molecule has 3 heteroatoms. The number of aryl methyl sites for hydroxylation is 1. The number of nitrogens with zero attached hydrogens (tertiary/aromatic N) is 1. The van der Waals surface area contributed by atoms with E-state index < -0.39 is 0 Å². The zero-order chi connectivity index (χ0) is 10.7. The summed E-state index contributed by atoms with van der Waals surface area (Å²) in [5.74, 6) is 1.71. The van der Waals surface area contributed by atoms with Crippen LogP contribution in [-0.4, -0.2) is 11.6 Å². The second-order valence-electron chi connectivity index (χ2n) is 4.14. The Morgan fingerprint density at radius 1 is 1.47 bits per heavy atom. The van der Waals surface area contributed by atoms with E-state index in [4.69, 9.17) is 4.74 Å². The van der Waals surface area contributed by atoms with Gasteiger partial charge < -0.3 is 4.74 Å². The summed E-state index contributed by atoms with van der Waals surface area (Å²) in [6.45, 7) is 2.85. The summed E-state index contributed by atoms with van der Waals surface area (Å²) in [5.41, 5.74) is 2.05. The average Bonchev–Trinajstić information content (AvgIpc) is 2.17. The number of hydrogen-bond donors (Lipinski definition) is 0. The molecule has 0 saturated heterocycles. The third kappa shape index (κ3) is 2.71. The van der Waals surface area contributed by atoms with Crippen LogP contribution in [-0.2, 0) is 5.33 Å². The predicted molar refractivity (Wildman–Crippen MR) is 64.4 cm³/mol. The fraction of sp³-hybridized carbons (Fsp3) is 0.583. The van der Waals surface area contributed by atoms with Crippen molar-refractivity contribution in [3.05, 3.63) is 23.5 Å². The van der Waals surface area contributed by atoms with Crippen LogP contribution in [0, 0.1) is 12.8 Å². The van der Waals surface area contributed by atoms with Gasteiger partial charge in [-0.05, 0) is 37.8 Å². The van der Waals surface area contributed by atoms with E-state index in [0.717, 1.165) is 35.0 Å². The maximum Gasteiger partial charge on any atom is 0.141 e. The molecule has 2 rings (SSSR count). The number of hydrogen-bond acceptors (Lipinski definition) is 2. The van der Waals surface area contributed by atoms with Crippen LogP contribution in [0.3, 0.4) is 0 Å². The number of aromatic nitrogens is 1. The van der Waals surface area contributed by atoms with Crippen LogP contribution in [0.1, 0.15) is 30.7 Å². The van der Waals surface area contributed by atoms with Crippen LogP contribution in [0.25, 0.3) is 0 Å². The maximum absolute atomic E-state index is 5.79. The first-order valence-electron chi connectivity index (χ1n) is 5.45. The molecule has 0 atom stereocenters. The molecule has 0 N–H and O–H groups in total. The Hall–Kier alpha value is -0.570. The Kier molecular flexibility index (Phi) is 3.62. The highest BCUT2D eigenvalue weighted by Crippen LogP contribution is 2.28. The fourth-order valence-electron chi connectivity index (χ4n) is 1.69. The van der Waals surface area contributed by atoms with Gasteiger partial charge in [-0.2, -0.15) is 0 Å². The molecular formula is C12H16BrNO. The van der Waals surface area contributed by atoms with Crippen molar-refractivity contribution in [2.45, 2.75) is 31.5 Å². The molecule has 0 spiro atoms. The standard InChI is InChI=1S/C12H16BrNO/c1-9-5-6-12(11(7-13)14-9)15-8-10-3-2-4-10/h5-6,10H,2-4,7-8H2,1H3. The summed E-state index contributed by atoms with van der Waals surface area (Å²) in [6.07, 6.45) is 4.01. The molecule has 1 fully saturated rings. The minimum atomic E-state index is 0.759. The third-order valence-corrected chi connectivity index (χ3v) is 3.43. The maximum atomic E-state index is 5.79. The van der Waals surface area contributed by atoms with E-state index in [-0.39, 0.29) is 0 Å². The van der Waals surface area contributed by atoms with Crippen molar-refractivity contribution in [1.29, 1.82) is 0 Å². The zero-order valence-electron chi connectivity index (χ0n) is 9.00. The third-order valence-electron chi connectivity index (χ3n) is 2.90. The normalized spacial score (nSPS) is 16.1. The van der Waals surface area contributed by atoms with E-state index in [1.54, 1.807) is 0 Å². The molecule has 2 nitrogen and oxygen atoms in total. The average molecular weight is 270 g/mol. The fourth-order valence-corrected chi connectivity index (χ4v) is 2.09. The van der Waals surface area contributed by atoms with Crippen molar-refractivity contribution >= 4 is 15.9 Å². The SMILES string of the molecule is Cc1ccc(OCC2CCC2)c(CBr)n1. The molecule has 1 aromatic heterocycles. The van der Waals surface area contributed by atoms with Crippen molar-refractivity contribution in [1.82, 2.24) is 4.98 Å². The van der Waals surface area contributed by atoms with Crippen LogP contribution in [0.2, 0.25) is 0 Å². The Morgan fingerprint density at radius 3 is 2.87 bits per heavy atom. The highest BCUT2D eigenvalue weighted by atomic mass is 79.9. The number of pyridine rings is 1. The lowest BCUT2D eigenvalue weighted by atomic mass is 9.86. The molecule has 1 saturated carbocycles. The predicted octanol–water partition coefficient (Wildman–Crippen LogP) is 3.46. The highest BCUT2D eigenvalue weighted by molar-refractivity contribution is 9.08. The summed E-state index contributed by atoms with van der Waals surface area (Å²) in [7, 11) is 0. The van der Waals surface area contributed by atoms with E-state index >= 15 is 0 Å². The Balaban J connectivity index is 1.99. The first-order chi connectivity index (χ1) is 7.29. The summed E-state index contributed by atoms with van der Waals surface area (Å²) in [4.78, 5) is 4.44. The van der Waals surface area contributed by atoms with E-state index in [1.165, 1.54) is 19.3 Å². The minimum absolute atomic E-state index is 0.759. The van der Waals surface area contributed by atoms with Crippen molar-refractivity contribution in [2.75, 3.05) is 6.61 Å². The van der Waals surface area contributed by atoms with Crippen LogP contribution in [0.4, 0.5) is 0 Å². The number of alkyl halides is 1. The van der Waals surface area contributed by atoms with Crippen LogP contribution in [0.5, 0.6) is 5.75 Å². The van der Waals surface area contributed by atoms with Gasteiger partial charge in [0.25, 0.3) is 0 Å². The molecule has 0 radical (unpaired) electrons. The smallest absolute Gasteiger partial charge is 0.141 e. The molecule has 1 aliphatic carbocycles. The molecule has 1 heterocycles. The second-order valence-corrected chi connectivity index (χ2v) is 4.70. The molecule has 0 aromatic carbocycles. The van der Waals surface area contributed by atoms with Crippen molar-refractivity contribution in [3.63, 3.8) is 0 Å². The van der Waals surface area contributed by atoms with Crippen LogP contribution < -0.4 is 4.74 Å². The lowest BCUT2D eigenvalue weighted by molar-refractivity contribution is 0.179. The van der Waals surface area contributed by atoms with Gasteiger partial charge in [-0.25, -0.2) is 0 Å². The quantitative estimate of drug-likeness (QED) is 0.781. The van der Waals surface area contributed by atoms with Gasteiger partial charge in [0.05, 0.1) is 12.3 Å². The van der Waals surface area contributed by atoms with Gasteiger partial charge in [-0.1, -0.05) is 22.4 Å². The first kappa shape index (κ1) is 10.9.